The van der Waals surface area contributed by atoms with Crippen LogP contribution in [0.5, 0.6) is 0 Å². The third-order valence-corrected chi connectivity index (χ3v) is 3.84. The summed E-state index contributed by atoms with van der Waals surface area (Å²) >= 11 is 0. The molecule has 4 rings (SSSR count). The van der Waals surface area contributed by atoms with Crippen molar-refractivity contribution in [1.82, 2.24) is 0 Å². The van der Waals surface area contributed by atoms with Gasteiger partial charge in [0, 0.05) is 5.18 Å². The van der Waals surface area contributed by atoms with E-state index < -0.39 is 5.91 Å². The highest BCUT2D eigenvalue weighted by Gasteiger charge is 2.14. The first-order valence-electron chi connectivity index (χ1n) is 6.34. The summed E-state index contributed by atoms with van der Waals surface area (Å²) < 4.78 is 0. The molecule has 0 saturated carbocycles. The van der Waals surface area contributed by atoms with E-state index in [9.17, 15) is 9.70 Å². The second-order valence-electron chi connectivity index (χ2n) is 4.87. The minimum absolute atomic E-state index is 0.366. The summed E-state index contributed by atoms with van der Waals surface area (Å²) in [5.74, 6) is -0.720. The summed E-state index contributed by atoms with van der Waals surface area (Å²) in [5, 5.41) is 8.81. The molecule has 0 unspecified atom stereocenters. The zero-order valence-electron chi connectivity index (χ0n) is 10.5. The normalized spacial score (nSPS) is 11.4. The van der Waals surface area contributed by atoms with Crippen molar-refractivity contribution in [3.05, 3.63) is 65.1 Å². The van der Waals surface area contributed by atoms with Crippen LogP contribution in [0.3, 0.4) is 0 Å². The number of amides is 1. The molecule has 0 bridgehead atoms. The van der Waals surface area contributed by atoms with Gasteiger partial charge >= 0.3 is 5.91 Å². The van der Waals surface area contributed by atoms with Gasteiger partial charge in [-0.1, -0.05) is 48.5 Å². The molecule has 94 valence electrons. The number of nitrogens with zero attached hydrogens (tertiary/aromatic N) is 1. The Morgan fingerprint density at radius 3 is 2.05 bits per heavy atom. The Hall–Kier alpha value is -2.81. The minimum atomic E-state index is -0.720. The molecule has 3 nitrogen and oxygen atoms in total. The third-order valence-electron chi connectivity index (χ3n) is 3.84. The number of hydrogen-bond donors (Lipinski definition) is 0. The Morgan fingerprint density at radius 1 is 0.750 bits per heavy atom. The molecule has 0 saturated heterocycles. The molecule has 0 aliphatic heterocycles. The number of carbonyl (C=O) groups is 1. The van der Waals surface area contributed by atoms with Crippen LogP contribution in [0.4, 0.5) is 0 Å². The van der Waals surface area contributed by atoms with Gasteiger partial charge in [0.2, 0.25) is 0 Å². The van der Waals surface area contributed by atoms with Gasteiger partial charge in [-0.05, 0) is 38.4 Å². The lowest BCUT2D eigenvalue weighted by molar-refractivity contribution is 0.100. The highest BCUT2D eigenvalue weighted by atomic mass is 16.3. The van der Waals surface area contributed by atoms with Gasteiger partial charge in [0.15, 0.2) is 0 Å². The zero-order valence-corrected chi connectivity index (χ0v) is 10.5. The van der Waals surface area contributed by atoms with Crippen molar-refractivity contribution in [3.8, 4) is 0 Å². The fourth-order valence-electron chi connectivity index (χ4n) is 2.97. The first-order valence-corrected chi connectivity index (χ1v) is 6.34. The molecular weight excluding hydrogens is 250 g/mol. The lowest BCUT2D eigenvalue weighted by Gasteiger charge is -2.11. The average molecular weight is 259 g/mol. The number of rotatable bonds is 1. The molecule has 0 atom stereocenters. The van der Waals surface area contributed by atoms with Crippen molar-refractivity contribution < 1.29 is 4.79 Å². The van der Waals surface area contributed by atoms with E-state index in [-0.39, 0.29) is 0 Å². The van der Waals surface area contributed by atoms with Gasteiger partial charge < -0.3 is 0 Å². The molecule has 0 aliphatic rings. The van der Waals surface area contributed by atoms with Crippen LogP contribution in [0.15, 0.2) is 59.8 Å². The predicted molar refractivity (Wildman–Crippen MR) is 80.3 cm³/mol. The third kappa shape index (κ3) is 1.32. The van der Waals surface area contributed by atoms with Crippen molar-refractivity contribution in [1.29, 1.82) is 0 Å². The molecule has 4 aromatic rings. The predicted octanol–water partition coefficient (Wildman–Crippen LogP) is 4.49. The van der Waals surface area contributed by atoms with Crippen molar-refractivity contribution in [2.24, 2.45) is 5.18 Å². The highest BCUT2D eigenvalue weighted by molar-refractivity contribution is 6.26. The number of hydrogen-bond acceptors (Lipinski definition) is 2. The summed E-state index contributed by atoms with van der Waals surface area (Å²) in [6, 6.07) is 17.6. The maximum Gasteiger partial charge on any atom is 0.317 e. The summed E-state index contributed by atoms with van der Waals surface area (Å²) in [5.41, 5.74) is 0.366. The summed E-state index contributed by atoms with van der Waals surface area (Å²) in [6.07, 6.45) is 0. The molecule has 0 aliphatic carbocycles. The first kappa shape index (κ1) is 11.1. The number of nitroso groups, excluding NO2 is 1. The molecule has 0 heterocycles. The molecule has 0 fully saturated rings. The summed E-state index contributed by atoms with van der Waals surface area (Å²) in [7, 11) is 0. The average Bonchev–Trinajstić information content (AvgIpc) is 2.51. The van der Waals surface area contributed by atoms with Crippen molar-refractivity contribution in [2.75, 3.05) is 0 Å². The molecule has 4 aromatic carbocycles. The van der Waals surface area contributed by atoms with Crippen LogP contribution < -0.4 is 0 Å². The molecule has 0 aromatic heterocycles. The highest BCUT2D eigenvalue weighted by Crippen LogP contribution is 2.35. The van der Waals surface area contributed by atoms with Crippen LogP contribution in [0.25, 0.3) is 32.3 Å². The molecule has 1 amide bonds. The SMILES string of the molecule is O=NC(=O)c1ccc2ccc3cccc4ccc1c2c34. The van der Waals surface area contributed by atoms with E-state index in [1.165, 1.54) is 0 Å². The van der Waals surface area contributed by atoms with E-state index in [1.807, 2.05) is 42.5 Å². The fraction of sp³-hybridized carbons (Fsp3) is 0. The van der Waals surface area contributed by atoms with E-state index in [0.29, 0.717) is 5.56 Å². The molecule has 0 spiro atoms. The Balaban J connectivity index is 2.32. The van der Waals surface area contributed by atoms with Crippen molar-refractivity contribution >= 4 is 38.2 Å². The quantitative estimate of drug-likeness (QED) is 0.373. The monoisotopic (exact) mass is 259 g/mol. The lowest BCUT2D eigenvalue weighted by Crippen LogP contribution is -1.96. The van der Waals surface area contributed by atoms with Crippen LogP contribution in [-0.4, -0.2) is 5.91 Å². The van der Waals surface area contributed by atoms with Crippen molar-refractivity contribution in [2.45, 2.75) is 0 Å². The number of benzene rings is 4. The van der Waals surface area contributed by atoms with Gasteiger partial charge in [0.1, 0.15) is 0 Å². The summed E-state index contributed by atoms with van der Waals surface area (Å²) in [4.78, 5) is 22.2. The first-order chi connectivity index (χ1) is 9.79. The largest absolute Gasteiger partial charge is 0.317 e. The molecular formula is C17H9NO2. The molecule has 3 heteroatoms. The Bertz CT molecular complexity index is 972. The molecule has 0 radical (unpaired) electrons. The van der Waals surface area contributed by atoms with Gasteiger partial charge in [-0.15, -0.1) is 4.91 Å². The maximum atomic E-state index is 11.7. The Kier molecular flexibility index (Phi) is 2.12. The Labute approximate surface area is 114 Å². The maximum absolute atomic E-state index is 11.7. The van der Waals surface area contributed by atoms with E-state index in [2.05, 4.69) is 11.2 Å². The van der Waals surface area contributed by atoms with Crippen LogP contribution in [0.1, 0.15) is 10.4 Å². The van der Waals surface area contributed by atoms with Gasteiger partial charge in [-0.3, -0.25) is 4.79 Å². The molecule has 20 heavy (non-hydrogen) atoms. The van der Waals surface area contributed by atoms with E-state index in [1.54, 1.807) is 6.07 Å². The molecule has 0 N–H and O–H groups in total. The minimum Gasteiger partial charge on any atom is -0.263 e. The zero-order chi connectivity index (χ0) is 13.7. The lowest BCUT2D eigenvalue weighted by atomic mass is 9.92. The topological polar surface area (TPSA) is 46.5 Å². The number of carbonyl (C=O) groups excluding carboxylic acids is 1. The van der Waals surface area contributed by atoms with Crippen LogP contribution in [0.2, 0.25) is 0 Å². The Morgan fingerprint density at radius 2 is 1.35 bits per heavy atom. The smallest absolute Gasteiger partial charge is 0.263 e. The van der Waals surface area contributed by atoms with Crippen LogP contribution >= 0.6 is 0 Å². The van der Waals surface area contributed by atoms with E-state index in [0.717, 1.165) is 32.3 Å². The van der Waals surface area contributed by atoms with Crippen molar-refractivity contribution in [3.63, 3.8) is 0 Å². The van der Waals surface area contributed by atoms with Gasteiger partial charge in [-0.25, -0.2) is 0 Å². The van der Waals surface area contributed by atoms with E-state index >= 15 is 0 Å². The fourth-order valence-corrected chi connectivity index (χ4v) is 2.97. The van der Waals surface area contributed by atoms with Gasteiger partial charge in [0.25, 0.3) is 0 Å². The summed E-state index contributed by atoms with van der Waals surface area (Å²) in [6.45, 7) is 0. The second kappa shape index (κ2) is 3.84. The van der Waals surface area contributed by atoms with E-state index in [4.69, 9.17) is 0 Å². The standard InChI is InChI=1S/C17H9NO2/c19-17(18-20)14-9-7-12-5-4-10-2-1-3-11-6-8-13(14)16(12)15(10)11/h1-9H. The second-order valence-corrected chi connectivity index (χ2v) is 4.87. The van der Waals surface area contributed by atoms with Crippen LogP contribution in [-0.2, 0) is 0 Å². The van der Waals surface area contributed by atoms with Gasteiger partial charge in [-0.2, -0.15) is 0 Å². The van der Waals surface area contributed by atoms with Crippen LogP contribution in [0, 0.1) is 4.91 Å². The van der Waals surface area contributed by atoms with Gasteiger partial charge in [0.05, 0.1) is 5.56 Å².